The van der Waals surface area contributed by atoms with E-state index in [2.05, 4.69) is 0 Å². The van der Waals surface area contributed by atoms with E-state index < -0.39 is 5.82 Å². The highest BCUT2D eigenvalue weighted by molar-refractivity contribution is 6.30. The van der Waals surface area contributed by atoms with E-state index in [0.717, 1.165) is 6.42 Å². The maximum absolute atomic E-state index is 13.4. The Balaban J connectivity index is 1.79. The summed E-state index contributed by atoms with van der Waals surface area (Å²) in [5, 5.41) is 0.0627. The second-order valence-electron chi connectivity index (χ2n) is 3.71. The molecule has 2 rings (SSSR count). The van der Waals surface area contributed by atoms with Gasteiger partial charge in [0.2, 0.25) is 0 Å². The maximum Gasteiger partial charge on any atom is 0.183 e. The molecule has 3 nitrogen and oxygen atoms in total. The summed E-state index contributed by atoms with van der Waals surface area (Å²) < 4.78 is 29.4. The van der Waals surface area contributed by atoms with E-state index >= 15 is 0 Å². The van der Waals surface area contributed by atoms with Crippen LogP contribution in [0, 0.1) is 5.82 Å². The van der Waals surface area contributed by atoms with Gasteiger partial charge < -0.3 is 14.2 Å². The zero-order valence-electron chi connectivity index (χ0n) is 9.33. The summed E-state index contributed by atoms with van der Waals surface area (Å²) in [5.74, 6) is -0.368. The van der Waals surface area contributed by atoms with Crippen molar-refractivity contribution < 1.29 is 18.6 Å². The Labute approximate surface area is 104 Å². The first-order chi connectivity index (χ1) is 8.27. The van der Waals surface area contributed by atoms with Gasteiger partial charge in [0, 0.05) is 6.42 Å². The molecule has 5 heteroatoms. The van der Waals surface area contributed by atoms with Gasteiger partial charge >= 0.3 is 0 Å². The molecule has 0 N–H and O–H groups in total. The number of halogens is 2. The van der Waals surface area contributed by atoms with Crippen molar-refractivity contribution in [3.63, 3.8) is 0 Å². The van der Waals surface area contributed by atoms with E-state index in [-0.39, 0.29) is 17.1 Å². The first-order valence-electron chi connectivity index (χ1n) is 5.57. The van der Waals surface area contributed by atoms with Crippen LogP contribution in [-0.4, -0.2) is 26.1 Å². The van der Waals surface area contributed by atoms with Crippen molar-refractivity contribution in [1.29, 1.82) is 0 Å². The Bertz CT molecular complexity index is 367. The Hall–Kier alpha value is -0.840. The molecule has 0 amide bonds. The molecule has 0 atom stereocenters. The van der Waals surface area contributed by atoms with Gasteiger partial charge in [-0.15, -0.1) is 0 Å². The number of benzene rings is 1. The third-order valence-electron chi connectivity index (χ3n) is 2.42. The van der Waals surface area contributed by atoms with Crippen LogP contribution in [0.2, 0.25) is 5.02 Å². The van der Waals surface area contributed by atoms with E-state index in [4.69, 9.17) is 25.8 Å². The molecule has 1 heterocycles. The van der Waals surface area contributed by atoms with Crippen molar-refractivity contribution in [2.75, 3.05) is 19.8 Å². The third-order valence-corrected chi connectivity index (χ3v) is 2.72. The fourth-order valence-corrected chi connectivity index (χ4v) is 1.73. The molecule has 0 radical (unpaired) electrons. The molecule has 0 aliphatic carbocycles. The van der Waals surface area contributed by atoms with Gasteiger partial charge in [-0.2, -0.15) is 0 Å². The second-order valence-corrected chi connectivity index (χ2v) is 4.12. The minimum Gasteiger partial charge on any atom is -0.490 e. The van der Waals surface area contributed by atoms with Crippen molar-refractivity contribution in [2.24, 2.45) is 0 Å². The van der Waals surface area contributed by atoms with E-state index in [1.807, 2.05) is 0 Å². The van der Waals surface area contributed by atoms with Gasteiger partial charge in [0.1, 0.15) is 0 Å². The highest BCUT2D eigenvalue weighted by Crippen LogP contribution is 2.24. The van der Waals surface area contributed by atoms with Crippen LogP contribution in [-0.2, 0) is 9.47 Å². The van der Waals surface area contributed by atoms with E-state index in [9.17, 15) is 4.39 Å². The van der Waals surface area contributed by atoms with Crippen LogP contribution in [0.3, 0.4) is 0 Å². The lowest BCUT2D eigenvalue weighted by Gasteiger charge is -2.23. The molecule has 0 aromatic heterocycles. The minimum atomic E-state index is -0.528. The van der Waals surface area contributed by atoms with Gasteiger partial charge in [0.15, 0.2) is 17.9 Å². The summed E-state index contributed by atoms with van der Waals surface area (Å²) in [5.41, 5.74) is 0. The monoisotopic (exact) mass is 260 g/mol. The summed E-state index contributed by atoms with van der Waals surface area (Å²) >= 11 is 5.64. The first-order valence-corrected chi connectivity index (χ1v) is 5.95. The lowest BCUT2D eigenvalue weighted by Crippen LogP contribution is -2.26. The lowest BCUT2D eigenvalue weighted by atomic mass is 10.3. The van der Waals surface area contributed by atoms with Crippen molar-refractivity contribution >= 4 is 11.6 Å². The Kier molecular flexibility index (Phi) is 4.59. The SMILES string of the molecule is Fc1c(Cl)cccc1OCCC1OCCCO1. The smallest absolute Gasteiger partial charge is 0.183 e. The van der Waals surface area contributed by atoms with Crippen molar-refractivity contribution in [2.45, 2.75) is 19.1 Å². The topological polar surface area (TPSA) is 27.7 Å². The highest BCUT2D eigenvalue weighted by atomic mass is 35.5. The van der Waals surface area contributed by atoms with Crippen LogP contribution in [0.5, 0.6) is 5.75 Å². The molecule has 0 spiro atoms. The Morgan fingerprint density at radius 2 is 2.12 bits per heavy atom. The molecule has 17 heavy (non-hydrogen) atoms. The van der Waals surface area contributed by atoms with Crippen LogP contribution >= 0.6 is 11.6 Å². The number of ether oxygens (including phenoxy) is 3. The highest BCUT2D eigenvalue weighted by Gasteiger charge is 2.14. The summed E-state index contributed by atoms with van der Waals surface area (Å²) in [6.45, 7) is 1.74. The molecule has 1 saturated heterocycles. The summed E-state index contributed by atoms with van der Waals surface area (Å²) in [4.78, 5) is 0. The first kappa shape index (κ1) is 12.6. The maximum atomic E-state index is 13.4. The molecule has 1 aromatic rings. The van der Waals surface area contributed by atoms with Gasteiger partial charge in [0.25, 0.3) is 0 Å². The van der Waals surface area contributed by atoms with Crippen LogP contribution in [0.1, 0.15) is 12.8 Å². The molecule has 1 aromatic carbocycles. The van der Waals surface area contributed by atoms with Gasteiger partial charge in [-0.3, -0.25) is 0 Å². The molecule has 0 unspecified atom stereocenters. The van der Waals surface area contributed by atoms with Gasteiger partial charge in [-0.1, -0.05) is 17.7 Å². The molecule has 1 aliphatic heterocycles. The summed E-state index contributed by atoms with van der Waals surface area (Å²) in [7, 11) is 0. The van der Waals surface area contributed by atoms with Crippen molar-refractivity contribution in [3.05, 3.63) is 29.0 Å². The van der Waals surface area contributed by atoms with Crippen LogP contribution < -0.4 is 4.74 Å². The third kappa shape index (κ3) is 3.56. The minimum absolute atomic E-state index is 0.0627. The summed E-state index contributed by atoms with van der Waals surface area (Å²) in [6.07, 6.45) is 1.25. The largest absolute Gasteiger partial charge is 0.490 e. The Morgan fingerprint density at radius 1 is 1.35 bits per heavy atom. The van der Waals surface area contributed by atoms with Crippen molar-refractivity contribution in [3.8, 4) is 5.75 Å². The number of hydrogen-bond acceptors (Lipinski definition) is 3. The average molecular weight is 261 g/mol. The molecular formula is C12H14ClFO3. The zero-order chi connectivity index (χ0) is 12.1. The predicted octanol–water partition coefficient (Wildman–Crippen LogP) is 3.01. The zero-order valence-corrected chi connectivity index (χ0v) is 10.1. The predicted molar refractivity (Wildman–Crippen MR) is 61.8 cm³/mol. The number of hydrogen-bond donors (Lipinski definition) is 0. The van der Waals surface area contributed by atoms with E-state index in [1.165, 1.54) is 6.07 Å². The number of rotatable bonds is 4. The van der Waals surface area contributed by atoms with E-state index in [1.54, 1.807) is 12.1 Å². The molecule has 0 saturated carbocycles. The van der Waals surface area contributed by atoms with Crippen LogP contribution in [0.15, 0.2) is 18.2 Å². The average Bonchev–Trinajstić information content (AvgIpc) is 2.36. The molecule has 1 aliphatic rings. The van der Waals surface area contributed by atoms with Gasteiger partial charge in [-0.05, 0) is 18.6 Å². The van der Waals surface area contributed by atoms with Gasteiger partial charge in [-0.25, -0.2) is 4.39 Å². The fraction of sp³-hybridized carbons (Fsp3) is 0.500. The standard InChI is InChI=1S/C12H14ClFO3/c13-9-3-1-4-10(12(9)14)15-8-5-11-16-6-2-7-17-11/h1,3-4,11H,2,5-8H2. The lowest BCUT2D eigenvalue weighted by molar-refractivity contribution is -0.183. The van der Waals surface area contributed by atoms with Crippen LogP contribution in [0.25, 0.3) is 0 Å². The van der Waals surface area contributed by atoms with E-state index in [0.29, 0.717) is 26.2 Å². The quantitative estimate of drug-likeness (QED) is 0.833. The van der Waals surface area contributed by atoms with Crippen molar-refractivity contribution in [1.82, 2.24) is 0 Å². The molecule has 94 valence electrons. The fourth-order valence-electron chi connectivity index (χ4n) is 1.56. The van der Waals surface area contributed by atoms with Gasteiger partial charge in [0.05, 0.1) is 24.8 Å². The molecule has 1 fully saturated rings. The second kappa shape index (κ2) is 6.19. The molecular weight excluding hydrogens is 247 g/mol. The van der Waals surface area contributed by atoms with Crippen LogP contribution in [0.4, 0.5) is 4.39 Å². The summed E-state index contributed by atoms with van der Waals surface area (Å²) in [6, 6.07) is 4.68. The molecule has 0 bridgehead atoms. The Morgan fingerprint density at radius 3 is 2.88 bits per heavy atom. The normalized spacial score (nSPS) is 17.1.